The van der Waals surface area contributed by atoms with Gasteiger partial charge in [0.15, 0.2) is 0 Å². The van der Waals surface area contributed by atoms with Crippen LogP contribution in [0, 0.1) is 0 Å². The van der Waals surface area contributed by atoms with E-state index in [1.54, 1.807) is 11.3 Å². The molecule has 1 aromatic heterocycles. The number of rotatable bonds is 4. The molecule has 18 heavy (non-hydrogen) atoms. The van der Waals surface area contributed by atoms with Crippen molar-refractivity contribution in [1.82, 2.24) is 10.3 Å². The summed E-state index contributed by atoms with van der Waals surface area (Å²) in [6.45, 7) is 2.56. The molecule has 1 N–H and O–H groups in total. The van der Waals surface area contributed by atoms with Gasteiger partial charge in [-0.1, -0.05) is 28.1 Å². The molecule has 1 heterocycles. The highest BCUT2D eigenvalue weighted by molar-refractivity contribution is 9.10. The van der Waals surface area contributed by atoms with Crippen LogP contribution in [0.4, 0.5) is 0 Å². The molecule has 94 valence electrons. The van der Waals surface area contributed by atoms with Gasteiger partial charge < -0.3 is 5.32 Å². The average Bonchev–Trinajstić information content (AvgIpc) is 2.78. The van der Waals surface area contributed by atoms with Gasteiger partial charge in [-0.3, -0.25) is 4.79 Å². The van der Waals surface area contributed by atoms with Crippen molar-refractivity contribution in [3.8, 4) is 10.6 Å². The van der Waals surface area contributed by atoms with E-state index in [-0.39, 0.29) is 5.91 Å². The van der Waals surface area contributed by atoms with Crippen LogP contribution in [0.25, 0.3) is 10.6 Å². The fraction of sp³-hybridized carbons (Fsp3) is 0.231. The zero-order valence-electron chi connectivity index (χ0n) is 9.94. The number of carbonyl (C=O) groups is 1. The molecule has 2 aromatic rings. The smallest absolute Gasteiger partial charge is 0.226 e. The normalized spacial score (nSPS) is 10.3. The first kappa shape index (κ1) is 13.2. The molecule has 0 aliphatic heterocycles. The monoisotopic (exact) mass is 324 g/mol. The quantitative estimate of drug-likeness (QED) is 0.938. The summed E-state index contributed by atoms with van der Waals surface area (Å²) in [6.07, 6.45) is 0.346. The Labute approximate surface area is 118 Å². The van der Waals surface area contributed by atoms with E-state index in [0.29, 0.717) is 13.0 Å². The van der Waals surface area contributed by atoms with Gasteiger partial charge in [-0.2, -0.15) is 0 Å². The lowest BCUT2D eigenvalue weighted by atomic mass is 10.2. The first-order valence-corrected chi connectivity index (χ1v) is 7.33. The Morgan fingerprint density at radius 2 is 2.33 bits per heavy atom. The SMILES string of the molecule is CCNC(=O)Cc1csc(-c2cccc(Br)c2)n1. The number of aromatic nitrogens is 1. The molecule has 1 amide bonds. The van der Waals surface area contributed by atoms with Crippen LogP contribution < -0.4 is 5.32 Å². The maximum atomic E-state index is 11.5. The molecule has 0 aliphatic carbocycles. The van der Waals surface area contributed by atoms with Gasteiger partial charge in [-0.25, -0.2) is 4.98 Å². The minimum Gasteiger partial charge on any atom is -0.356 e. The van der Waals surface area contributed by atoms with Gasteiger partial charge in [0.1, 0.15) is 5.01 Å². The number of carbonyl (C=O) groups excluding carboxylic acids is 1. The van der Waals surface area contributed by atoms with Crippen LogP contribution in [0.2, 0.25) is 0 Å². The molecular formula is C13H13BrN2OS. The van der Waals surface area contributed by atoms with E-state index in [0.717, 1.165) is 20.7 Å². The van der Waals surface area contributed by atoms with Crippen LogP contribution in [-0.2, 0) is 11.2 Å². The van der Waals surface area contributed by atoms with Crippen molar-refractivity contribution in [2.75, 3.05) is 6.54 Å². The predicted molar refractivity (Wildman–Crippen MR) is 77.6 cm³/mol. The topological polar surface area (TPSA) is 42.0 Å². The molecule has 2 rings (SSSR count). The van der Waals surface area contributed by atoms with Gasteiger partial charge in [0, 0.05) is 22.0 Å². The Morgan fingerprint density at radius 3 is 3.06 bits per heavy atom. The van der Waals surface area contributed by atoms with Crippen LogP contribution in [0.1, 0.15) is 12.6 Å². The molecule has 0 unspecified atom stereocenters. The van der Waals surface area contributed by atoms with E-state index in [1.165, 1.54) is 0 Å². The average molecular weight is 325 g/mol. The molecule has 0 saturated heterocycles. The van der Waals surface area contributed by atoms with Gasteiger partial charge in [-0.15, -0.1) is 11.3 Å². The van der Waals surface area contributed by atoms with E-state index in [1.807, 2.05) is 36.6 Å². The summed E-state index contributed by atoms with van der Waals surface area (Å²) in [5.41, 5.74) is 1.89. The highest BCUT2D eigenvalue weighted by atomic mass is 79.9. The second-order valence-corrected chi connectivity index (χ2v) is 5.56. The Bertz CT molecular complexity index is 553. The summed E-state index contributed by atoms with van der Waals surface area (Å²) in [5, 5.41) is 5.65. The lowest BCUT2D eigenvalue weighted by molar-refractivity contribution is -0.120. The lowest BCUT2D eigenvalue weighted by Crippen LogP contribution is -2.24. The third kappa shape index (κ3) is 3.40. The molecule has 0 fully saturated rings. The summed E-state index contributed by atoms with van der Waals surface area (Å²) in [6, 6.07) is 7.99. The van der Waals surface area contributed by atoms with Crippen molar-refractivity contribution in [3.63, 3.8) is 0 Å². The molecule has 0 radical (unpaired) electrons. The van der Waals surface area contributed by atoms with Gasteiger partial charge in [-0.05, 0) is 19.1 Å². The number of thiazole rings is 1. The van der Waals surface area contributed by atoms with E-state index < -0.39 is 0 Å². The van der Waals surface area contributed by atoms with Crippen molar-refractivity contribution in [2.24, 2.45) is 0 Å². The Hall–Kier alpha value is -1.20. The minimum atomic E-state index is 0.0172. The molecular weight excluding hydrogens is 312 g/mol. The number of amides is 1. The number of hydrogen-bond donors (Lipinski definition) is 1. The van der Waals surface area contributed by atoms with Crippen LogP contribution in [0.3, 0.4) is 0 Å². The van der Waals surface area contributed by atoms with Gasteiger partial charge in [0.25, 0.3) is 0 Å². The van der Waals surface area contributed by atoms with Crippen LogP contribution >= 0.6 is 27.3 Å². The van der Waals surface area contributed by atoms with Crippen molar-refractivity contribution in [2.45, 2.75) is 13.3 Å². The summed E-state index contributed by atoms with van der Waals surface area (Å²) in [7, 11) is 0. The highest BCUT2D eigenvalue weighted by Gasteiger charge is 2.08. The molecule has 5 heteroatoms. The number of nitrogens with one attached hydrogen (secondary N) is 1. The molecule has 1 aromatic carbocycles. The summed E-state index contributed by atoms with van der Waals surface area (Å²) < 4.78 is 1.03. The third-order valence-electron chi connectivity index (χ3n) is 2.34. The van der Waals surface area contributed by atoms with Crippen molar-refractivity contribution in [3.05, 3.63) is 39.8 Å². The fourth-order valence-electron chi connectivity index (χ4n) is 1.57. The number of nitrogens with zero attached hydrogens (tertiary/aromatic N) is 1. The second kappa shape index (κ2) is 6.11. The third-order valence-corrected chi connectivity index (χ3v) is 3.77. The van der Waals surface area contributed by atoms with E-state index in [9.17, 15) is 4.79 Å². The van der Waals surface area contributed by atoms with Crippen LogP contribution in [-0.4, -0.2) is 17.4 Å². The van der Waals surface area contributed by atoms with Gasteiger partial charge in [0.05, 0.1) is 12.1 Å². The number of hydrogen-bond acceptors (Lipinski definition) is 3. The van der Waals surface area contributed by atoms with Crippen molar-refractivity contribution in [1.29, 1.82) is 0 Å². The summed E-state index contributed by atoms with van der Waals surface area (Å²) in [5.74, 6) is 0.0172. The van der Waals surface area contributed by atoms with Gasteiger partial charge >= 0.3 is 0 Å². The van der Waals surface area contributed by atoms with E-state index >= 15 is 0 Å². The van der Waals surface area contributed by atoms with E-state index in [2.05, 4.69) is 26.2 Å². The minimum absolute atomic E-state index is 0.0172. The first-order chi connectivity index (χ1) is 8.69. The van der Waals surface area contributed by atoms with Crippen LogP contribution in [0.5, 0.6) is 0 Å². The molecule has 0 aliphatic rings. The predicted octanol–water partition coefficient (Wildman–Crippen LogP) is 3.25. The maximum Gasteiger partial charge on any atom is 0.226 e. The second-order valence-electron chi connectivity index (χ2n) is 3.78. The summed E-state index contributed by atoms with van der Waals surface area (Å²) >= 11 is 5.00. The zero-order chi connectivity index (χ0) is 13.0. The number of halogens is 1. The molecule has 3 nitrogen and oxygen atoms in total. The fourth-order valence-corrected chi connectivity index (χ4v) is 2.78. The molecule has 0 spiro atoms. The van der Waals surface area contributed by atoms with Gasteiger partial charge in [0.2, 0.25) is 5.91 Å². The zero-order valence-corrected chi connectivity index (χ0v) is 12.3. The summed E-state index contributed by atoms with van der Waals surface area (Å²) in [4.78, 5) is 15.9. The lowest BCUT2D eigenvalue weighted by Gasteiger charge is -1.99. The largest absolute Gasteiger partial charge is 0.356 e. The van der Waals surface area contributed by atoms with Crippen LogP contribution in [0.15, 0.2) is 34.1 Å². The number of likely N-dealkylation sites (N-methyl/N-ethyl adjacent to an activating group) is 1. The molecule has 0 atom stereocenters. The Morgan fingerprint density at radius 1 is 1.50 bits per heavy atom. The number of benzene rings is 1. The first-order valence-electron chi connectivity index (χ1n) is 5.66. The standard InChI is InChI=1S/C13H13BrN2OS/c1-2-15-12(17)7-11-8-18-13(16-11)9-4-3-5-10(14)6-9/h3-6,8H,2,7H2,1H3,(H,15,17). The highest BCUT2D eigenvalue weighted by Crippen LogP contribution is 2.26. The van der Waals surface area contributed by atoms with Crippen molar-refractivity contribution >= 4 is 33.2 Å². The molecule has 0 saturated carbocycles. The van der Waals surface area contributed by atoms with E-state index in [4.69, 9.17) is 0 Å². The molecule has 0 bridgehead atoms. The Kier molecular flexibility index (Phi) is 4.49. The maximum absolute atomic E-state index is 11.5. The van der Waals surface area contributed by atoms with Crippen molar-refractivity contribution < 1.29 is 4.79 Å². The Balaban J connectivity index is 2.13.